The summed E-state index contributed by atoms with van der Waals surface area (Å²) in [7, 11) is 0. The van der Waals surface area contributed by atoms with Crippen LogP contribution in [0.2, 0.25) is 0 Å². The van der Waals surface area contributed by atoms with Crippen LogP contribution in [0.25, 0.3) is 0 Å². The molecule has 1 atom stereocenters. The molecular weight excluding hydrogens is 80.0 g/mol. The largest absolute Gasteiger partial charge is 0.201 e. The first kappa shape index (κ1) is 5.92. The fourth-order valence-electron chi connectivity index (χ4n) is 0.0481. The van der Waals surface area contributed by atoms with Gasteiger partial charge >= 0.3 is 0 Å². The van der Waals surface area contributed by atoms with E-state index in [4.69, 9.17) is 0 Å². The lowest BCUT2D eigenvalue weighted by Crippen LogP contribution is -1.99. The van der Waals surface area contributed by atoms with Crippen molar-refractivity contribution in [3.05, 3.63) is 6.92 Å². The molecule has 36 valence electrons. The van der Waals surface area contributed by atoms with Crippen LogP contribution in [0, 0.1) is 6.92 Å². The summed E-state index contributed by atoms with van der Waals surface area (Å²) >= 11 is 0. The number of hydrogen-bond acceptors (Lipinski definition) is 1. The Labute approximate surface area is 37.7 Å². The highest BCUT2D eigenvalue weighted by Gasteiger charge is 1.92. The van der Waals surface area contributed by atoms with Crippen molar-refractivity contribution in [2.24, 2.45) is 0 Å². The van der Waals surface area contributed by atoms with Gasteiger partial charge in [0.25, 0.3) is 0 Å². The summed E-state index contributed by atoms with van der Waals surface area (Å²) in [6, 6.07) is 0. The molecule has 0 aromatic rings. The number of rotatable bonds is 2. The Balaban J connectivity index is 2.75. The summed E-state index contributed by atoms with van der Waals surface area (Å²) in [6.07, 6.45) is 0.314. The highest BCUT2D eigenvalue weighted by atomic mass is 17.1. The van der Waals surface area contributed by atoms with Crippen LogP contribution in [-0.2, 0) is 10.1 Å². The Bertz CT molecular complexity index is 24.7. The maximum absolute atomic E-state index is 9.32. The molecule has 0 heterocycles. The average molecular weight is 88.1 g/mol. The molecule has 0 bridgehead atoms. The van der Waals surface area contributed by atoms with Gasteiger partial charge in [-0.1, -0.05) is 6.92 Å². The molecule has 0 fully saturated rings. The zero-order valence-corrected chi connectivity index (χ0v) is 3.81. The van der Waals surface area contributed by atoms with Crippen LogP contribution in [-0.4, -0.2) is 6.10 Å². The van der Waals surface area contributed by atoms with Gasteiger partial charge in [0.15, 0.2) is 0 Å². The van der Waals surface area contributed by atoms with Crippen LogP contribution in [0.5, 0.6) is 0 Å². The molecule has 2 heteroatoms. The second-order valence-electron chi connectivity index (χ2n) is 1.20. The summed E-state index contributed by atoms with van der Waals surface area (Å²) < 4.78 is 0. The summed E-state index contributed by atoms with van der Waals surface area (Å²) in [5.74, 6) is 0. The predicted octanol–water partition coefficient (Wildman–Crippen LogP) is 0.961. The zero-order valence-electron chi connectivity index (χ0n) is 3.81. The van der Waals surface area contributed by atoms with E-state index in [0.717, 1.165) is 0 Å². The predicted molar refractivity (Wildman–Crippen MR) is 21.2 cm³/mol. The van der Waals surface area contributed by atoms with Gasteiger partial charge in [-0.2, -0.15) is 0 Å². The Kier molecular flexibility index (Phi) is 3.08. The molecule has 0 aromatic carbocycles. The minimum absolute atomic E-state index is 0.231. The van der Waals surface area contributed by atoms with Gasteiger partial charge in [-0.05, 0) is 18.6 Å². The molecule has 0 rings (SSSR count). The van der Waals surface area contributed by atoms with E-state index in [-0.39, 0.29) is 6.10 Å². The molecule has 0 aliphatic rings. The van der Waals surface area contributed by atoms with Crippen molar-refractivity contribution >= 4 is 0 Å². The minimum Gasteiger partial charge on any atom is -0.201 e. The van der Waals surface area contributed by atoms with Gasteiger partial charge in [0.1, 0.15) is 0 Å². The second kappa shape index (κ2) is 3.12. The third-order valence-electron chi connectivity index (χ3n) is 0.571. The van der Waals surface area contributed by atoms with Gasteiger partial charge in [-0.25, -0.2) is 4.89 Å². The zero-order chi connectivity index (χ0) is 4.99. The van der Waals surface area contributed by atoms with Gasteiger partial charge in [-0.15, -0.1) is 0 Å². The standard InChI is InChI=1S/C4H8O2/c1-3-4(2)6-5/h4H,1,3H2,2H3. The van der Waals surface area contributed by atoms with Crippen molar-refractivity contribution < 1.29 is 10.1 Å². The van der Waals surface area contributed by atoms with Crippen molar-refractivity contribution in [3.8, 4) is 0 Å². The van der Waals surface area contributed by atoms with E-state index in [9.17, 15) is 5.26 Å². The molecular formula is C4H8O2. The van der Waals surface area contributed by atoms with E-state index < -0.39 is 0 Å². The van der Waals surface area contributed by atoms with E-state index in [1.165, 1.54) is 0 Å². The van der Waals surface area contributed by atoms with Crippen LogP contribution >= 0.6 is 0 Å². The SMILES string of the molecule is [CH2]CC(C)O[O]. The van der Waals surface area contributed by atoms with Crippen molar-refractivity contribution in [1.82, 2.24) is 0 Å². The lowest BCUT2D eigenvalue weighted by molar-refractivity contribution is -0.330. The van der Waals surface area contributed by atoms with Crippen LogP contribution < -0.4 is 0 Å². The van der Waals surface area contributed by atoms with E-state index in [1.807, 2.05) is 0 Å². The van der Waals surface area contributed by atoms with Gasteiger partial charge in [-0.3, -0.25) is 0 Å². The van der Waals surface area contributed by atoms with Gasteiger partial charge in [0, 0.05) is 0 Å². The topological polar surface area (TPSA) is 29.1 Å². The van der Waals surface area contributed by atoms with Crippen LogP contribution in [0.4, 0.5) is 0 Å². The number of hydrogen-bond donors (Lipinski definition) is 0. The summed E-state index contributed by atoms with van der Waals surface area (Å²) in [5, 5.41) is 9.32. The molecule has 0 amide bonds. The van der Waals surface area contributed by atoms with E-state index >= 15 is 0 Å². The maximum Gasteiger partial charge on any atom is 0.0934 e. The third-order valence-corrected chi connectivity index (χ3v) is 0.571. The quantitative estimate of drug-likeness (QED) is 0.365. The van der Waals surface area contributed by atoms with Crippen molar-refractivity contribution in [3.63, 3.8) is 0 Å². The highest BCUT2D eigenvalue weighted by molar-refractivity contribution is 4.46. The van der Waals surface area contributed by atoms with Crippen molar-refractivity contribution in [2.45, 2.75) is 19.4 Å². The normalized spacial score (nSPS) is 14.5. The second-order valence-corrected chi connectivity index (χ2v) is 1.20. The first-order valence-corrected chi connectivity index (χ1v) is 1.89. The van der Waals surface area contributed by atoms with Crippen molar-refractivity contribution in [1.29, 1.82) is 0 Å². The molecule has 2 nitrogen and oxygen atoms in total. The third kappa shape index (κ3) is 2.18. The summed E-state index contributed by atoms with van der Waals surface area (Å²) in [4.78, 5) is 3.59. The Morgan fingerprint density at radius 2 is 2.50 bits per heavy atom. The molecule has 1 unspecified atom stereocenters. The lowest BCUT2D eigenvalue weighted by Gasteiger charge is -1.95. The van der Waals surface area contributed by atoms with E-state index in [1.54, 1.807) is 6.92 Å². The monoisotopic (exact) mass is 88.1 g/mol. The molecule has 0 saturated heterocycles. The molecule has 0 spiro atoms. The van der Waals surface area contributed by atoms with E-state index in [2.05, 4.69) is 11.8 Å². The molecule has 0 aliphatic heterocycles. The lowest BCUT2D eigenvalue weighted by atomic mass is 10.3. The van der Waals surface area contributed by atoms with Gasteiger partial charge < -0.3 is 0 Å². The molecule has 2 radical (unpaired) electrons. The fourth-order valence-corrected chi connectivity index (χ4v) is 0.0481. The molecule has 0 saturated carbocycles. The Morgan fingerprint density at radius 1 is 2.00 bits per heavy atom. The Morgan fingerprint density at radius 3 is 2.50 bits per heavy atom. The summed E-state index contributed by atoms with van der Waals surface area (Å²) in [5.41, 5.74) is 0. The van der Waals surface area contributed by atoms with Crippen molar-refractivity contribution in [2.75, 3.05) is 0 Å². The first-order chi connectivity index (χ1) is 2.81. The van der Waals surface area contributed by atoms with Crippen LogP contribution in [0.15, 0.2) is 0 Å². The molecule has 6 heavy (non-hydrogen) atoms. The van der Waals surface area contributed by atoms with Crippen LogP contribution in [0.3, 0.4) is 0 Å². The van der Waals surface area contributed by atoms with E-state index in [0.29, 0.717) is 6.42 Å². The highest BCUT2D eigenvalue weighted by Crippen LogP contribution is 1.89. The van der Waals surface area contributed by atoms with Gasteiger partial charge in [0.2, 0.25) is 0 Å². The average Bonchev–Trinajstić information content (AvgIpc) is 1.65. The minimum atomic E-state index is -0.231. The molecule has 0 N–H and O–H groups in total. The fraction of sp³-hybridized carbons (Fsp3) is 0.750. The Hall–Kier alpha value is -0.0800. The smallest absolute Gasteiger partial charge is 0.0934 e. The maximum atomic E-state index is 9.32. The van der Waals surface area contributed by atoms with Gasteiger partial charge in [0.05, 0.1) is 6.10 Å². The first-order valence-electron chi connectivity index (χ1n) is 1.89. The molecule has 0 aromatic heterocycles. The summed E-state index contributed by atoms with van der Waals surface area (Å²) in [6.45, 7) is 5.11. The van der Waals surface area contributed by atoms with Crippen LogP contribution in [0.1, 0.15) is 13.3 Å². The molecule has 0 aliphatic carbocycles.